The largest absolute Gasteiger partial charge is 0.368 e. The summed E-state index contributed by atoms with van der Waals surface area (Å²) in [6, 6.07) is 7.07. The lowest BCUT2D eigenvalue weighted by Crippen LogP contribution is -2.26. The van der Waals surface area contributed by atoms with Crippen molar-refractivity contribution in [1.82, 2.24) is 0 Å². The first-order valence-electron chi connectivity index (χ1n) is 6.89. The fraction of sp³-hybridized carbons (Fsp3) is 0.467. The van der Waals surface area contributed by atoms with Gasteiger partial charge in [-0.1, -0.05) is 13.8 Å². The summed E-state index contributed by atoms with van der Waals surface area (Å²) in [5, 5.41) is 5.61. The van der Waals surface area contributed by atoms with Gasteiger partial charge in [0.05, 0.1) is 0 Å². The Balaban J connectivity index is 1.91. The van der Waals surface area contributed by atoms with Crippen molar-refractivity contribution < 1.29 is 14.3 Å². The molecular formula is C15H20N2O3. The first-order chi connectivity index (χ1) is 9.56. The van der Waals surface area contributed by atoms with Gasteiger partial charge in [-0.15, -0.1) is 0 Å². The summed E-state index contributed by atoms with van der Waals surface area (Å²) in [4.78, 5) is 23.4. The summed E-state index contributed by atoms with van der Waals surface area (Å²) < 4.78 is 5.32. The molecule has 0 aliphatic carbocycles. The minimum absolute atomic E-state index is 0.0267. The van der Waals surface area contributed by atoms with Crippen LogP contribution in [0.2, 0.25) is 0 Å². The maximum Gasteiger partial charge on any atom is 0.253 e. The molecule has 0 saturated carbocycles. The van der Waals surface area contributed by atoms with E-state index in [0.29, 0.717) is 12.3 Å². The van der Waals surface area contributed by atoms with Gasteiger partial charge in [-0.05, 0) is 37.1 Å². The Hall–Kier alpha value is -1.88. The molecule has 1 heterocycles. The Kier molecular flexibility index (Phi) is 4.74. The molecule has 1 unspecified atom stereocenters. The lowest BCUT2D eigenvalue weighted by molar-refractivity contribution is -0.124. The molecular weight excluding hydrogens is 256 g/mol. The molecule has 1 aromatic rings. The van der Waals surface area contributed by atoms with Gasteiger partial charge in [0.1, 0.15) is 6.10 Å². The second-order valence-electron chi connectivity index (χ2n) is 5.21. The number of benzene rings is 1. The van der Waals surface area contributed by atoms with Crippen molar-refractivity contribution in [2.24, 2.45) is 5.92 Å². The van der Waals surface area contributed by atoms with Gasteiger partial charge in [0, 0.05) is 23.9 Å². The van der Waals surface area contributed by atoms with Gasteiger partial charge in [0.15, 0.2) is 0 Å². The summed E-state index contributed by atoms with van der Waals surface area (Å²) in [6.07, 6.45) is 1.36. The van der Waals surface area contributed by atoms with Crippen molar-refractivity contribution in [3.8, 4) is 0 Å². The Bertz CT molecular complexity index is 476. The van der Waals surface area contributed by atoms with Crippen LogP contribution in [-0.2, 0) is 14.3 Å². The highest BCUT2D eigenvalue weighted by atomic mass is 16.5. The molecule has 2 rings (SSSR count). The van der Waals surface area contributed by atoms with Crippen LogP contribution in [0.4, 0.5) is 11.4 Å². The van der Waals surface area contributed by atoms with Crippen molar-refractivity contribution in [2.45, 2.75) is 32.8 Å². The summed E-state index contributed by atoms with van der Waals surface area (Å²) >= 11 is 0. The van der Waals surface area contributed by atoms with E-state index in [1.165, 1.54) is 0 Å². The number of ether oxygens (including phenoxy) is 1. The topological polar surface area (TPSA) is 67.4 Å². The molecule has 1 aliphatic rings. The third-order valence-electron chi connectivity index (χ3n) is 3.17. The van der Waals surface area contributed by atoms with Gasteiger partial charge in [-0.2, -0.15) is 0 Å². The second-order valence-corrected chi connectivity index (χ2v) is 5.21. The zero-order valence-electron chi connectivity index (χ0n) is 11.8. The molecule has 1 aromatic carbocycles. The molecule has 1 atom stereocenters. The predicted octanol–water partition coefficient (Wildman–Crippen LogP) is 2.40. The molecule has 5 nitrogen and oxygen atoms in total. The van der Waals surface area contributed by atoms with Gasteiger partial charge in [-0.25, -0.2) is 0 Å². The summed E-state index contributed by atoms with van der Waals surface area (Å²) in [7, 11) is 0. The molecule has 1 saturated heterocycles. The Morgan fingerprint density at radius 2 is 1.75 bits per heavy atom. The highest BCUT2D eigenvalue weighted by Crippen LogP contribution is 2.17. The van der Waals surface area contributed by atoms with Crippen LogP contribution in [0.1, 0.15) is 26.7 Å². The van der Waals surface area contributed by atoms with Crippen molar-refractivity contribution in [3.63, 3.8) is 0 Å². The molecule has 0 aromatic heterocycles. The minimum Gasteiger partial charge on any atom is -0.368 e. The third-order valence-corrected chi connectivity index (χ3v) is 3.17. The molecule has 1 aliphatic heterocycles. The molecule has 0 radical (unpaired) electrons. The summed E-state index contributed by atoms with van der Waals surface area (Å²) in [6.45, 7) is 4.33. The van der Waals surface area contributed by atoms with E-state index in [4.69, 9.17) is 4.74 Å². The quantitative estimate of drug-likeness (QED) is 0.887. The first-order valence-corrected chi connectivity index (χ1v) is 6.89. The maximum atomic E-state index is 11.9. The number of anilines is 2. The average molecular weight is 276 g/mol. The monoisotopic (exact) mass is 276 g/mol. The highest BCUT2D eigenvalue weighted by Gasteiger charge is 2.23. The van der Waals surface area contributed by atoms with Crippen molar-refractivity contribution in [2.75, 3.05) is 17.2 Å². The molecule has 20 heavy (non-hydrogen) atoms. The van der Waals surface area contributed by atoms with E-state index >= 15 is 0 Å². The lowest BCUT2D eigenvalue weighted by Gasteiger charge is -2.11. The Morgan fingerprint density at radius 3 is 2.25 bits per heavy atom. The Labute approximate surface area is 118 Å². The van der Waals surface area contributed by atoms with Crippen LogP contribution in [0.5, 0.6) is 0 Å². The number of rotatable bonds is 4. The zero-order chi connectivity index (χ0) is 14.5. The van der Waals surface area contributed by atoms with Crippen LogP contribution in [0, 0.1) is 5.92 Å². The van der Waals surface area contributed by atoms with E-state index in [1.54, 1.807) is 24.3 Å². The van der Waals surface area contributed by atoms with Crippen LogP contribution in [-0.4, -0.2) is 24.5 Å². The van der Waals surface area contributed by atoms with Crippen LogP contribution in [0.3, 0.4) is 0 Å². The number of amides is 2. The standard InChI is InChI=1S/C15H20N2O3/c1-10(2)14(18)16-11-5-7-12(8-6-11)17-15(19)13-4-3-9-20-13/h5-8,10,13H,3-4,9H2,1-2H3,(H,16,18)(H,17,19). The number of hydrogen-bond acceptors (Lipinski definition) is 3. The van der Waals surface area contributed by atoms with E-state index in [2.05, 4.69) is 10.6 Å². The van der Waals surface area contributed by atoms with Crippen molar-refractivity contribution >= 4 is 23.2 Å². The summed E-state index contributed by atoms with van der Waals surface area (Å²) in [5.74, 6) is -0.198. The van der Waals surface area contributed by atoms with Crippen molar-refractivity contribution in [3.05, 3.63) is 24.3 Å². The van der Waals surface area contributed by atoms with Gasteiger partial charge in [0.2, 0.25) is 5.91 Å². The van der Waals surface area contributed by atoms with Crippen LogP contribution in [0.25, 0.3) is 0 Å². The van der Waals surface area contributed by atoms with Gasteiger partial charge in [0.25, 0.3) is 5.91 Å². The Morgan fingerprint density at radius 1 is 1.15 bits per heavy atom. The lowest BCUT2D eigenvalue weighted by atomic mass is 10.2. The van der Waals surface area contributed by atoms with Crippen LogP contribution < -0.4 is 10.6 Å². The smallest absolute Gasteiger partial charge is 0.253 e. The number of carbonyl (C=O) groups excluding carboxylic acids is 2. The van der Waals surface area contributed by atoms with Gasteiger partial charge >= 0.3 is 0 Å². The fourth-order valence-corrected chi connectivity index (χ4v) is 1.93. The second kappa shape index (κ2) is 6.52. The normalized spacial score (nSPS) is 18.1. The average Bonchev–Trinajstić information content (AvgIpc) is 2.95. The molecule has 108 valence electrons. The van der Waals surface area contributed by atoms with E-state index < -0.39 is 0 Å². The number of nitrogens with one attached hydrogen (secondary N) is 2. The van der Waals surface area contributed by atoms with Crippen molar-refractivity contribution in [1.29, 1.82) is 0 Å². The van der Waals surface area contributed by atoms with E-state index in [1.807, 2.05) is 13.8 Å². The summed E-state index contributed by atoms with van der Waals surface area (Å²) in [5.41, 5.74) is 1.42. The molecule has 0 spiro atoms. The van der Waals surface area contributed by atoms with Gasteiger partial charge in [-0.3, -0.25) is 9.59 Å². The molecule has 1 fully saturated rings. The van der Waals surface area contributed by atoms with E-state index in [9.17, 15) is 9.59 Å². The molecule has 2 amide bonds. The number of hydrogen-bond donors (Lipinski definition) is 2. The predicted molar refractivity (Wildman–Crippen MR) is 77.5 cm³/mol. The zero-order valence-corrected chi connectivity index (χ0v) is 11.8. The van der Waals surface area contributed by atoms with E-state index in [0.717, 1.165) is 18.5 Å². The fourth-order valence-electron chi connectivity index (χ4n) is 1.93. The SMILES string of the molecule is CC(C)C(=O)Nc1ccc(NC(=O)C2CCCO2)cc1. The third kappa shape index (κ3) is 3.81. The maximum absolute atomic E-state index is 11.9. The molecule has 5 heteroatoms. The highest BCUT2D eigenvalue weighted by molar-refractivity contribution is 5.95. The van der Waals surface area contributed by atoms with Crippen LogP contribution in [0.15, 0.2) is 24.3 Å². The molecule has 0 bridgehead atoms. The van der Waals surface area contributed by atoms with Crippen LogP contribution >= 0.6 is 0 Å². The first kappa shape index (κ1) is 14.5. The minimum atomic E-state index is -0.338. The molecule has 2 N–H and O–H groups in total. The number of carbonyl (C=O) groups is 2. The van der Waals surface area contributed by atoms with Gasteiger partial charge < -0.3 is 15.4 Å². The van der Waals surface area contributed by atoms with E-state index in [-0.39, 0.29) is 23.8 Å².